The molecule has 6 aromatic carbocycles. The van der Waals surface area contributed by atoms with Crippen LogP contribution in [0.2, 0.25) is 0 Å². The van der Waals surface area contributed by atoms with Gasteiger partial charge in [0.15, 0.2) is 23.3 Å². The van der Waals surface area contributed by atoms with Crippen molar-refractivity contribution in [3.63, 3.8) is 0 Å². The van der Waals surface area contributed by atoms with Crippen molar-refractivity contribution in [2.75, 3.05) is 0 Å². The third kappa shape index (κ3) is 6.74. The predicted octanol–water partition coefficient (Wildman–Crippen LogP) is 12.2. The maximum Gasteiger partial charge on any atom is 0.164 e. The van der Waals surface area contributed by atoms with E-state index in [2.05, 4.69) is 91.0 Å². The Morgan fingerprint density at radius 1 is 0.327 bits per heavy atom. The summed E-state index contributed by atoms with van der Waals surface area (Å²) in [7, 11) is 0. The normalized spacial score (nSPS) is 17.3. The molecule has 2 fully saturated rings. The van der Waals surface area contributed by atoms with Crippen LogP contribution in [0.5, 0.6) is 0 Å². The molecule has 0 aliphatic heterocycles. The Kier molecular flexibility index (Phi) is 8.60. The highest BCUT2D eigenvalue weighted by Gasteiger charge is 2.40. The average molecular weight is 710 g/mol. The van der Waals surface area contributed by atoms with Crippen LogP contribution in [0.4, 0.5) is 0 Å². The molecule has 264 valence electrons. The topological polar surface area (TPSA) is 64.5 Å². The first kappa shape index (κ1) is 33.0. The van der Waals surface area contributed by atoms with E-state index < -0.39 is 0 Å². The fourth-order valence-electron chi connectivity index (χ4n) is 8.65. The molecule has 0 amide bonds. The maximum absolute atomic E-state index is 5.14. The fourth-order valence-corrected chi connectivity index (χ4v) is 8.65. The van der Waals surface area contributed by atoms with Gasteiger partial charge in [0.1, 0.15) is 0 Å². The van der Waals surface area contributed by atoms with Crippen LogP contribution in [-0.2, 0) is 0 Å². The molecule has 2 aliphatic carbocycles. The molecule has 2 saturated carbocycles. The van der Waals surface area contributed by atoms with Crippen molar-refractivity contribution in [2.45, 2.75) is 31.6 Å². The maximum atomic E-state index is 5.14. The van der Waals surface area contributed by atoms with E-state index >= 15 is 0 Å². The van der Waals surface area contributed by atoms with Gasteiger partial charge >= 0.3 is 0 Å². The molecule has 3 unspecified atom stereocenters. The van der Waals surface area contributed by atoms with Gasteiger partial charge in [0.25, 0.3) is 0 Å². The molecule has 0 radical (unpaired) electrons. The van der Waals surface area contributed by atoms with Crippen LogP contribution in [0, 0.1) is 11.8 Å². The molecule has 0 saturated heterocycles. The molecular weight excluding hydrogens is 671 g/mol. The van der Waals surface area contributed by atoms with Crippen molar-refractivity contribution < 1.29 is 0 Å². The van der Waals surface area contributed by atoms with E-state index in [4.69, 9.17) is 24.9 Å². The van der Waals surface area contributed by atoms with Gasteiger partial charge < -0.3 is 0 Å². The van der Waals surface area contributed by atoms with Crippen molar-refractivity contribution in [1.29, 1.82) is 0 Å². The largest absolute Gasteiger partial charge is 0.228 e. The van der Waals surface area contributed by atoms with Crippen LogP contribution in [0.3, 0.4) is 0 Å². The van der Waals surface area contributed by atoms with Crippen LogP contribution in [0.15, 0.2) is 170 Å². The first-order valence-corrected chi connectivity index (χ1v) is 19.3. The van der Waals surface area contributed by atoms with E-state index in [1.165, 1.54) is 31.2 Å². The Labute approximate surface area is 321 Å². The summed E-state index contributed by atoms with van der Waals surface area (Å²) in [5, 5.41) is 0. The van der Waals surface area contributed by atoms with E-state index in [0.717, 1.165) is 73.6 Å². The van der Waals surface area contributed by atoms with Gasteiger partial charge in [0, 0.05) is 33.4 Å². The van der Waals surface area contributed by atoms with E-state index in [-0.39, 0.29) is 0 Å². The fraction of sp³-hybridized carbons (Fsp3) is 0.140. The molecule has 0 spiro atoms. The van der Waals surface area contributed by atoms with Crippen molar-refractivity contribution in [3.8, 4) is 79.2 Å². The van der Waals surface area contributed by atoms with Crippen molar-refractivity contribution >= 4 is 0 Å². The smallest absolute Gasteiger partial charge is 0.164 e. The van der Waals surface area contributed by atoms with E-state index in [0.29, 0.717) is 23.4 Å². The lowest BCUT2D eigenvalue weighted by molar-refractivity contribution is 0.420. The van der Waals surface area contributed by atoms with Crippen molar-refractivity contribution in [1.82, 2.24) is 24.9 Å². The van der Waals surface area contributed by atoms with Crippen LogP contribution in [0.1, 0.15) is 37.2 Å². The van der Waals surface area contributed by atoms with E-state index in [9.17, 15) is 0 Å². The minimum Gasteiger partial charge on any atom is -0.228 e. The Bertz CT molecular complexity index is 2550. The van der Waals surface area contributed by atoms with Crippen LogP contribution >= 0.6 is 0 Å². The van der Waals surface area contributed by atoms with Crippen LogP contribution in [-0.4, -0.2) is 24.9 Å². The van der Waals surface area contributed by atoms with Gasteiger partial charge in [-0.1, -0.05) is 158 Å². The standard InChI is InChI=1S/C50H39N5/c1-4-12-36(13-5-1)47-51-45(32-46(52-47)42-20-11-19-40(31-42)44-29-33-22-23-41(44)28-33)35-26-24-34(25-27-35)39-18-10-21-43(30-39)50-54-48(37-14-6-2-7-15-37)53-49(55-50)38-16-8-3-9-17-38/h1-21,24-27,30-33,41,44H,22-23,28-29H2. The zero-order valence-corrected chi connectivity index (χ0v) is 30.5. The summed E-state index contributed by atoms with van der Waals surface area (Å²) >= 11 is 0. The molecule has 5 nitrogen and oxygen atoms in total. The Hall–Kier alpha value is -6.59. The zero-order chi connectivity index (χ0) is 36.6. The SMILES string of the molecule is c1ccc(-c2nc(-c3ccc(-c4cccc(-c5nc(-c6ccccc6)nc(-c6ccccc6)n5)c4)cc3)cc(-c3cccc(C4CC5CCC4C5)c3)n2)cc1. The number of hydrogen-bond donors (Lipinski definition) is 0. The number of rotatable bonds is 8. The minimum absolute atomic E-state index is 0.637. The summed E-state index contributed by atoms with van der Waals surface area (Å²) in [6.45, 7) is 0. The Balaban J connectivity index is 0.993. The number of hydrogen-bond acceptors (Lipinski definition) is 5. The number of aromatic nitrogens is 5. The van der Waals surface area contributed by atoms with Gasteiger partial charge in [0.05, 0.1) is 11.4 Å². The summed E-state index contributed by atoms with van der Waals surface area (Å²) < 4.78 is 0. The lowest BCUT2D eigenvalue weighted by Gasteiger charge is -2.22. The van der Waals surface area contributed by atoms with E-state index in [1.54, 1.807) is 0 Å². The molecule has 2 heterocycles. The van der Waals surface area contributed by atoms with Crippen molar-refractivity contribution in [2.24, 2.45) is 11.8 Å². The monoisotopic (exact) mass is 709 g/mol. The Morgan fingerprint density at radius 3 is 1.40 bits per heavy atom. The van der Waals surface area contributed by atoms with Gasteiger partial charge in [-0.15, -0.1) is 0 Å². The summed E-state index contributed by atoms with van der Waals surface area (Å²) in [6.07, 6.45) is 5.50. The molecule has 5 heteroatoms. The number of nitrogens with zero attached hydrogens (tertiary/aromatic N) is 5. The highest BCUT2D eigenvalue weighted by Crippen LogP contribution is 2.53. The second-order valence-corrected chi connectivity index (χ2v) is 14.9. The Morgan fingerprint density at radius 2 is 0.818 bits per heavy atom. The number of fused-ring (bicyclic) bond motifs is 2. The lowest BCUT2D eigenvalue weighted by atomic mass is 9.83. The quantitative estimate of drug-likeness (QED) is 0.157. The third-order valence-corrected chi connectivity index (χ3v) is 11.4. The minimum atomic E-state index is 0.637. The number of benzene rings is 6. The van der Waals surface area contributed by atoms with Gasteiger partial charge in [-0.3, -0.25) is 0 Å². The molecule has 55 heavy (non-hydrogen) atoms. The summed E-state index contributed by atoms with van der Waals surface area (Å²) in [4.78, 5) is 25.0. The second-order valence-electron chi connectivity index (χ2n) is 14.9. The molecule has 2 bridgehead atoms. The molecule has 3 atom stereocenters. The zero-order valence-electron chi connectivity index (χ0n) is 30.5. The van der Waals surface area contributed by atoms with Gasteiger partial charge in [-0.05, 0) is 71.9 Å². The second kappa shape index (κ2) is 14.3. The van der Waals surface area contributed by atoms with E-state index in [1.807, 2.05) is 78.9 Å². The highest BCUT2D eigenvalue weighted by atomic mass is 15.0. The molecular formula is C50H39N5. The summed E-state index contributed by atoms with van der Waals surface area (Å²) in [5.41, 5.74) is 11.5. The summed E-state index contributed by atoms with van der Waals surface area (Å²) in [5.74, 6) is 5.07. The highest BCUT2D eigenvalue weighted by molar-refractivity contribution is 5.76. The average Bonchev–Trinajstić information content (AvgIpc) is 3.92. The van der Waals surface area contributed by atoms with Crippen LogP contribution in [0.25, 0.3) is 79.2 Å². The van der Waals surface area contributed by atoms with Gasteiger partial charge in [0.2, 0.25) is 0 Å². The lowest BCUT2D eigenvalue weighted by Crippen LogP contribution is -2.08. The predicted molar refractivity (Wildman–Crippen MR) is 222 cm³/mol. The van der Waals surface area contributed by atoms with Gasteiger partial charge in [-0.2, -0.15) is 0 Å². The van der Waals surface area contributed by atoms with Gasteiger partial charge in [-0.25, -0.2) is 24.9 Å². The molecule has 0 N–H and O–H groups in total. The molecule has 8 aromatic rings. The summed E-state index contributed by atoms with van der Waals surface area (Å²) in [6, 6.07) is 58.9. The third-order valence-electron chi connectivity index (χ3n) is 11.4. The van der Waals surface area contributed by atoms with Crippen molar-refractivity contribution in [3.05, 3.63) is 175 Å². The molecule has 10 rings (SSSR count). The first-order valence-electron chi connectivity index (χ1n) is 19.3. The molecule has 2 aliphatic rings. The first-order chi connectivity index (χ1) is 27.2. The van der Waals surface area contributed by atoms with Crippen LogP contribution < -0.4 is 0 Å². The molecule has 2 aromatic heterocycles.